The molecule has 0 unspecified atom stereocenters. The molecule has 7 nitrogen and oxygen atoms in total. The van der Waals surface area contributed by atoms with Gasteiger partial charge < -0.3 is 15.2 Å². The van der Waals surface area contributed by atoms with Crippen molar-refractivity contribution in [3.8, 4) is 11.5 Å². The normalized spacial score (nSPS) is 12.4. The largest absolute Gasteiger partial charge is 0.486 e. The Morgan fingerprint density at radius 3 is 2.74 bits per heavy atom. The third kappa shape index (κ3) is 3.47. The number of anilines is 1. The Hall–Kier alpha value is -3.39. The van der Waals surface area contributed by atoms with Crippen LogP contribution in [0.1, 0.15) is 10.4 Å². The molecule has 2 heterocycles. The number of pyridine rings is 1. The minimum Gasteiger partial charge on any atom is -0.486 e. The minimum atomic E-state index is -0.344. The molecule has 0 fully saturated rings. The van der Waals surface area contributed by atoms with Crippen LogP contribution in [-0.2, 0) is 0 Å². The number of hydrazine groups is 1. The molecule has 0 saturated carbocycles. The third-order valence-corrected chi connectivity index (χ3v) is 4.27. The van der Waals surface area contributed by atoms with Crippen molar-refractivity contribution >= 4 is 39.8 Å². The zero-order chi connectivity index (χ0) is 18.8. The van der Waals surface area contributed by atoms with E-state index in [2.05, 4.69) is 10.4 Å². The van der Waals surface area contributed by atoms with Gasteiger partial charge in [0.25, 0.3) is 5.91 Å². The van der Waals surface area contributed by atoms with Gasteiger partial charge in [0.2, 0.25) is 0 Å². The van der Waals surface area contributed by atoms with E-state index in [4.69, 9.17) is 27.4 Å². The Balaban J connectivity index is 1.60. The number of nitrogens with zero attached hydrogens (tertiary/aromatic N) is 2. The van der Waals surface area contributed by atoms with Gasteiger partial charge in [-0.1, -0.05) is 6.07 Å². The third-order valence-electron chi connectivity index (χ3n) is 4.08. The van der Waals surface area contributed by atoms with E-state index in [0.717, 1.165) is 10.9 Å². The summed E-state index contributed by atoms with van der Waals surface area (Å²) in [5, 5.41) is 2.21. The number of hydrogen-bond acceptors (Lipinski definition) is 5. The van der Waals surface area contributed by atoms with Crippen LogP contribution in [0.2, 0.25) is 0 Å². The van der Waals surface area contributed by atoms with Crippen LogP contribution < -0.4 is 25.6 Å². The van der Waals surface area contributed by atoms with Gasteiger partial charge in [0.15, 0.2) is 16.6 Å². The number of nitrogens with one attached hydrogen (secondary N) is 1. The second-order valence-electron chi connectivity index (χ2n) is 5.85. The lowest BCUT2D eigenvalue weighted by atomic mass is 10.1. The fourth-order valence-corrected chi connectivity index (χ4v) is 2.95. The van der Waals surface area contributed by atoms with Crippen LogP contribution in [0.3, 0.4) is 0 Å². The molecule has 0 radical (unpaired) electrons. The Labute approximate surface area is 160 Å². The second kappa shape index (κ2) is 7.08. The number of ether oxygens (including phenoxy) is 2. The molecule has 4 rings (SSSR count). The van der Waals surface area contributed by atoms with Gasteiger partial charge in [0.05, 0.1) is 11.2 Å². The van der Waals surface area contributed by atoms with Crippen molar-refractivity contribution in [3.05, 3.63) is 60.3 Å². The van der Waals surface area contributed by atoms with Crippen molar-refractivity contribution in [2.24, 2.45) is 5.73 Å². The summed E-state index contributed by atoms with van der Waals surface area (Å²) in [6.07, 6.45) is 1.71. The van der Waals surface area contributed by atoms with E-state index in [1.54, 1.807) is 42.6 Å². The molecular formula is C19H16N4O3S. The summed E-state index contributed by atoms with van der Waals surface area (Å²) in [5.74, 6) is 0.871. The van der Waals surface area contributed by atoms with E-state index in [0.29, 0.717) is 36.0 Å². The van der Waals surface area contributed by atoms with Crippen LogP contribution in [0.25, 0.3) is 10.9 Å². The van der Waals surface area contributed by atoms with E-state index < -0.39 is 0 Å². The fourth-order valence-electron chi connectivity index (χ4n) is 2.80. The van der Waals surface area contributed by atoms with Crippen LogP contribution in [0, 0.1) is 0 Å². The van der Waals surface area contributed by atoms with Crippen LogP contribution >= 0.6 is 12.2 Å². The first kappa shape index (κ1) is 17.0. The molecule has 0 atom stereocenters. The first-order valence-corrected chi connectivity index (χ1v) is 8.67. The number of rotatable bonds is 2. The number of thiocarbonyl (C=S) groups is 1. The molecule has 0 aliphatic carbocycles. The van der Waals surface area contributed by atoms with Crippen LogP contribution in [0.4, 0.5) is 5.69 Å². The zero-order valence-electron chi connectivity index (χ0n) is 14.2. The highest BCUT2D eigenvalue weighted by molar-refractivity contribution is 7.80. The van der Waals surface area contributed by atoms with E-state index >= 15 is 0 Å². The Morgan fingerprint density at radius 2 is 1.93 bits per heavy atom. The SMILES string of the molecule is NC(=S)N(NC(=O)c1ccc2ncccc2c1)c1ccc2c(c1)OCCO2. The molecule has 0 saturated heterocycles. The summed E-state index contributed by atoms with van der Waals surface area (Å²) >= 11 is 5.11. The monoisotopic (exact) mass is 380 g/mol. The molecular weight excluding hydrogens is 364 g/mol. The summed E-state index contributed by atoms with van der Waals surface area (Å²) in [6.45, 7) is 0.958. The number of aromatic nitrogens is 1. The molecule has 2 aromatic carbocycles. The Kier molecular flexibility index (Phi) is 4.47. The highest BCUT2D eigenvalue weighted by atomic mass is 32.1. The number of hydrogen-bond donors (Lipinski definition) is 2. The second-order valence-corrected chi connectivity index (χ2v) is 6.27. The maximum absolute atomic E-state index is 12.7. The van der Waals surface area contributed by atoms with E-state index in [1.165, 1.54) is 5.01 Å². The maximum Gasteiger partial charge on any atom is 0.270 e. The molecule has 0 spiro atoms. The average molecular weight is 380 g/mol. The summed E-state index contributed by atoms with van der Waals surface area (Å²) in [7, 11) is 0. The van der Waals surface area contributed by atoms with E-state index in [-0.39, 0.29) is 11.0 Å². The number of carbonyl (C=O) groups excluding carboxylic acids is 1. The van der Waals surface area contributed by atoms with Crippen molar-refractivity contribution in [1.82, 2.24) is 10.4 Å². The molecule has 1 aliphatic heterocycles. The highest BCUT2D eigenvalue weighted by Gasteiger charge is 2.19. The molecule has 1 aromatic heterocycles. The highest BCUT2D eigenvalue weighted by Crippen LogP contribution is 2.33. The van der Waals surface area contributed by atoms with Gasteiger partial charge in [0.1, 0.15) is 13.2 Å². The van der Waals surface area contributed by atoms with Gasteiger partial charge in [0, 0.05) is 23.2 Å². The summed E-state index contributed by atoms with van der Waals surface area (Å²) in [5.41, 5.74) is 10.4. The van der Waals surface area contributed by atoms with Gasteiger partial charge in [-0.2, -0.15) is 0 Å². The van der Waals surface area contributed by atoms with Gasteiger partial charge in [-0.3, -0.25) is 15.2 Å². The average Bonchev–Trinajstić information content (AvgIpc) is 2.71. The summed E-state index contributed by atoms with van der Waals surface area (Å²) in [6, 6.07) is 14.2. The first-order valence-electron chi connectivity index (χ1n) is 8.27. The van der Waals surface area contributed by atoms with Crippen molar-refractivity contribution in [1.29, 1.82) is 0 Å². The van der Waals surface area contributed by atoms with Gasteiger partial charge in [-0.05, 0) is 48.6 Å². The standard InChI is InChI=1S/C19H16N4O3S/c20-19(27)23(14-4-6-16-17(11-14)26-9-8-25-16)22-18(24)13-3-5-15-12(10-13)2-1-7-21-15/h1-7,10-11H,8-9H2,(H2,20,27)(H,22,24). The quantitative estimate of drug-likeness (QED) is 0.521. The number of carbonyl (C=O) groups is 1. The number of nitrogens with two attached hydrogens (primary N) is 1. The summed E-state index contributed by atoms with van der Waals surface area (Å²) in [4.78, 5) is 17.0. The molecule has 8 heteroatoms. The molecule has 0 bridgehead atoms. The van der Waals surface area contributed by atoms with Gasteiger partial charge in [-0.15, -0.1) is 0 Å². The van der Waals surface area contributed by atoms with Crippen LogP contribution in [0.5, 0.6) is 11.5 Å². The molecule has 1 aliphatic rings. The van der Waals surface area contributed by atoms with Crippen LogP contribution in [-0.4, -0.2) is 29.2 Å². The topological polar surface area (TPSA) is 89.7 Å². The van der Waals surface area contributed by atoms with Crippen molar-refractivity contribution in [2.45, 2.75) is 0 Å². The molecule has 3 N–H and O–H groups in total. The molecule has 27 heavy (non-hydrogen) atoms. The predicted octanol–water partition coefficient (Wildman–Crippen LogP) is 2.40. The van der Waals surface area contributed by atoms with Gasteiger partial charge >= 0.3 is 0 Å². The zero-order valence-corrected chi connectivity index (χ0v) is 15.0. The summed E-state index contributed by atoms with van der Waals surface area (Å²) < 4.78 is 11.1. The van der Waals surface area contributed by atoms with E-state index in [9.17, 15) is 4.79 Å². The lowest BCUT2D eigenvalue weighted by molar-refractivity contribution is 0.0955. The number of amides is 1. The predicted molar refractivity (Wildman–Crippen MR) is 106 cm³/mol. The number of fused-ring (bicyclic) bond motifs is 2. The smallest absolute Gasteiger partial charge is 0.270 e. The maximum atomic E-state index is 12.7. The first-order chi connectivity index (χ1) is 13.1. The fraction of sp³-hybridized carbons (Fsp3) is 0.105. The molecule has 1 amide bonds. The minimum absolute atomic E-state index is 0.00230. The molecule has 3 aromatic rings. The lowest BCUT2D eigenvalue weighted by Gasteiger charge is -2.25. The lowest BCUT2D eigenvalue weighted by Crippen LogP contribution is -2.49. The molecule has 136 valence electrons. The van der Waals surface area contributed by atoms with Crippen molar-refractivity contribution < 1.29 is 14.3 Å². The van der Waals surface area contributed by atoms with Crippen LogP contribution in [0.15, 0.2) is 54.7 Å². The van der Waals surface area contributed by atoms with Gasteiger partial charge in [-0.25, -0.2) is 5.01 Å². The van der Waals surface area contributed by atoms with Crippen molar-refractivity contribution in [3.63, 3.8) is 0 Å². The Bertz CT molecular complexity index is 1040. The Morgan fingerprint density at radius 1 is 1.11 bits per heavy atom. The number of benzene rings is 2. The van der Waals surface area contributed by atoms with Crippen molar-refractivity contribution in [2.75, 3.05) is 18.2 Å². The van der Waals surface area contributed by atoms with E-state index in [1.807, 2.05) is 12.1 Å².